The molecule has 90 valence electrons. The highest BCUT2D eigenvalue weighted by molar-refractivity contribution is 5.54. The molecule has 1 aromatic rings. The average molecular weight is 225 g/mol. The zero-order chi connectivity index (χ0) is 12.3. The Morgan fingerprint density at radius 2 is 1.94 bits per heavy atom. The summed E-state index contributed by atoms with van der Waals surface area (Å²) in [6.07, 6.45) is 0.933. The number of aryl methyl sites for hydroxylation is 1. The zero-order valence-electron chi connectivity index (χ0n) is 10.4. The minimum atomic E-state index is -0.291. The molecule has 0 saturated carbocycles. The predicted octanol–water partition coefficient (Wildman–Crippen LogP) is 3.53. The van der Waals surface area contributed by atoms with Gasteiger partial charge < -0.3 is 10.5 Å². The maximum Gasteiger partial charge on any atom is 0.142 e. The molecule has 2 nitrogen and oxygen atoms in total. The van der Waals surface area contributed by atoms with Crippen molar-refractivity contribution in [3.8, 4) is 5.75 Å². The van der Waals surface area contributed by atoms with Crippen LogP contribution >= 0.6 is 0 Å². The van der Waals surface area contributed by atoms with Crippen LogP contribution in [0, 0.1) is 18.2 Å². The summed E-state index contributed by atoms with van der Waals surface area (Å²) in [7, 11) is 0. The maximum absolute atomic E-state index is 13.1. The molecule has 0 spiro atoms. The molecule has 0 unspecified atom stereocenters. The quantitative estimate of drug-likeness (QED) is 0.799. The number of nitrogen functional groups attached to an aromatic ring is 1. The summed E-state index contributed by atoms with van der Waals surface area (Å²) in [6.45, 7) is 8.74. The van der Waals surface area contributed by atoms with Crippen molar-refractivity contribution in [3.05, 3.63) is 23.5 Å². The average Bonchev–Trinajstić information content (AvgIpc) is 2.11. The van der Waals surface area contributed by atoms with Crippen LogP contribution in [-0.2, 0) is 0 Å². The van der Waals surface area contributed by atoms with Crippen LogP contribution in [0.4, 0.5) is 10.1 Å². The lowest BCUT2D eigenvalue weighted by atomic mass is 9.93. The molecule has 0 saturated heterocycles. The van der Waals surface area contributed by atoms with Gasteiger partial charge in [0, 0.05) is 6.07 Å². The van der Waals surface area contributed by atoms with E-state index in [9.17, 15) is 4.39 Å². The minimum absolute atomic E-state index is 0.226. The van der Waals surface area contributed by atoms with Crippen molar-refractivity contribution in [2.45, 2.75) is 34.1 Å². The summed E-state index contributed by atoms with van der Waals surface area (Å²) < 4.78 is 18.7. The highest BCUT2D eigenvalue weighted by Gasteiger charge is 2.11. The zero-order valence-corrected chi connectivity index (χ0v) is 10.4. The van der Waals surface area contributed by atoms with E-state index in [1.54, 1.807) is 13.0 Å². The van der Waals surface area contributed by atoms with E-state index >= 15 is 0 Å². The van der Waals surface area contributed by atoms with E-state index in [0.717, 1.165) is 6.42 Å². The second kappa shape index (κ2) is 4.73. The third-order valence-electron chi connectivity index (χ3n) is 2.40. The number of nitrogens with two attached hydrogens (primary N) is 1. The van der Waals surface area contributed by atoms with Crippen LogP contribution in [-0.4, -0.2) is 6.61 Å². The van der Waals surface area contributed by atoms with E-state index < -0.39 is 0 Å². The molecule has 0 aliphatic heterocycles. The first-order valence-electron chi connectivity index (χ1n) is 5.48. The molecule has 0 heterocycles. The Morgan fingerprint density at radius 3 is 2.50 bits per heavy atom. The SMILES string of the molecule is Cc1cc(OCCC(C)(C)C)c(N)cc1F. The van der Waals surface area contributed by atoms with Crippen molar-refractivity contribution in [2.75, 3.05) is 12.3 Å². The highest BCUT2D eigenvalue weighted by atomic mass is 19.1. The Hall–Kier alpha value is -1.25. The number of hydrogen-bond acceptors (Lipinski definition) is 2. The number of anilines is 1. The first kappa shape index (κ1) is 12.8. The smallest absolute Gasteiger partial charge is 0.142 e. The Kier molecular flexibility index (Phi) is 3.79. The van der Waals surface area contributed by atoms with Gasteiger partial charge in [-0.2, -0.15) is 0 Å². The fraction of sp³-hybridized carbons (Fsp3) is 0.538. The van der Waals surface area contributed by atoms with Crippen LogP contribution in [0.2, 0.25) is 0 Å². The first-order valence-corrected chi connectivity index (χ1v) is 5.48. The lowest BCUT2D eigenvalue weighted by Gasteiger charge is -2.18. The van der Waals surface area contributed by atoms with Crippen LogP contribution in [0.25, 0.3) is 0 Å². The van der Waals surface area contributed by atoms with Gasteiger partial charge in [-0.3, -0.25) is 0 Å². The highest BCUT2D eigenvalue weighted by Crippen LogP contribution is 2.26. The number of benzene rings is 1. The normalized spacial score (nSPS) is 11.6. The number of rotatable bonds is 3. The van der Waals surface area contributed by atoms with E-state index in [0.29, 0.717) is 23.6 Å². The minimum Gasteiger partial charge on any atom is -0.491 e. The van der Waals surface area contributed by atoms with E-state index in [2.05, 4.69) is 20.8 Å². The van der Waals surface area contributed by atoms with Gasteiger partial charge in [0.1, 0.15) is 11.6 Å². The van der Waals surface area contributed by atoms with Gasteiger partial charge >= 0.3 is 0 Å². The van der Waals surface area contributed by atoms with Crippen LogP contribution in [0.15, 0.2) is 12.1 Å². The molecule has 3 heteroatoms. The van der Waals surface area contributed by atoms with Crippen molar-refractivity contribution in [2.24, 2.45) is 5.41 Å². The second-order valence-electron chi connectivity index (χ2n) is 5.30. The van der Waals surface area contributed by atoms with Gasteiger partial charge in [-0.05, 0) is 30.4 Å². The van der Waals surface area contributed by atoms with Gasteiger partial charge in [-0.25, -0.2) is 4.39 Å². The third-order valence-corrected chi connectivity index (χ3v) is 2.40. The van der Waals surface area contributed by atoms with Gasteiger partial charge in [0.2, 0.25) is 0 Å². The van der Waals surface area contributed by atoms with Crippen molar-refractivity contribution in [1.29, 1.82) is 0 Å². The summed E-state index contributed by atoms with van der Waals surface area (Å²) in [5.74, 6) is 0.281. The van der Waals surface area contributed by atoms with E-state index in [-0.39, 0.29) is 11.2 Å². The molecule has 0 atom stereocenters. The molecule has 0 aromatic heterocycles. The van der Waals surface area contributed by atoms with E-state index in [1.165, 1.54) is 6.07 Å². The van der Waals surface area contributed by atoms with Crippen molar-refractivity contribution >= 4 is 5.69 Å². The summed E-state index contributed by atoms with van der Waals surface area (Å²) in [5, 5.41) is 0. The lowest BCUT2D eigenvalue weighted by molar-refractivity contribution is 0.243. The number of hydrogen-bond donors (Lipinski definition) is 1. The predicted molar refractivity (Wildman–Crippen MR) is 65.1 cm³/mol. The van der Waals surface area contributed by atoms with Crippen LogP contribution < -0.4 is 10.5 Å². The Labute approximate surface area is 96.6 Å². The summed E-state index contributed by atoms with van der Waals surface area (Å²) in [5.41, 5.74) is 6.81. The molecular weight excluding hydrogens is 205 g/mol. The van der Waals surface area contributed by atoms with Crippen molar-refractivity contribution in [1.82, 2.24) is 0 Å². The molecule has 0 aliphatic carbocycles. The van der Waals surface area contributed by atoms with Crippen LogP contribution in [0.1, 0.15) is 32.8 Å². The molecule has 2 N–H and O–H groups in total. The largest absolute Gasteiger partial charge is 0.491 e. The maximum atomic E-state index is 13.1. The first-order chi connectivity index (χ1) is 7.29. The monoisotopic (exact) mass is 225 g/mol. The molecule has 0 aliphatic rings. The lowest BCUT2D eigenvalue weighted by Crippen LogP contribution is -2.11. The standard InChI is InChI=1S/C13H20FNO/c1-9-7-12(11(15)8-10(9)14)16-6-5-13(2,3)4/h7-8H,5-6,15H2,1-4H3. The number of halogens is 1. The molecule has 0 fully saturated rings. The molecule has 0 radical (unpaired) electrons. The molecule has 0 bridgehead atoms. The Bertz CT molecular complexity index is 369. The summed E-state index contributed by atoms with van der Waals surface area (Å²) in [6, 6.07) is 2.95. The van der Waals surface area contributed by atoms with Gasteiger partial charge in [0.05, 0.1) is 12.3 Å². The topological polar surface area (TPSA) is 35.2 Å². The van der Waals surface area contributed by atoms with E-state index in [4.69, 9.17) is 10.5 Å². The number of ether oxygens (including phenoxy) is 1. The van der Waals surface area contributed by atoms with Crippen LogP contribution in [0.3, 0.4) is 0 Å². The van der Waals surface area contributed by atoms with Crippen LogP contribution in [0.5, 0.6) is 5.75 Å². The van der Waals surface area contributed by atoms with Gasteiger partial charge in [-0.1, -0.05) is 20.8 Å². The summed E-state index contributed by atoms with van der Waals surface area (Å²) in [4.78, 5) is 0. The Balaban J connectivity index is 2.64. The Morgan fingerprint density at radius 1 is 1.31 bits per heavy atom. The molecule has 16 heavy (non-hydrogen) atoms. The van der Waals surface area contributed by atoms with E-state index in [1.807, 2.05) is 0 Å². The molecule has 1 aromatic carbocycles. The molecular formula is C13H20FNO. The fourth-order valence-electron chi connectivity index (χ4n) is 1.26. The fourth-order valence-corrected chi connectivity index (χ4v) is 1.26. The van der Waals surface area contributed by atoms with Gasteiger partial charge in [0.25, 0.3) is 0 Å². The second-order valence-corrected chi connectivity index (χ2v) is 5.30. The molecule has 0 amide bonds. The van der Waals surface area contributed by atoms with Crippen molar-refractivity contribution in [3.63, 3.8) is 0 Å². The summed E-state index contributed by atoms with van der Waals surface area (Å²) >= 11 is 0. The molecule has 1 rings (SSSR count). The third kappa shape index (κ3) is 3.72. The van der Waals surface area contributed by atoms with Gasteiger partial charge in [-0.15, -0.1) is 0 Å². The van der Waals surface area contributed by atoms with Gasteiger partial charge in [0.15, 0.2) is 0 Å². The van der Waals surface area contributed by atoms with Crippen molar-refractivity contribution < 1.29 is 9.13 Å².